The number of urea groups is 1. The van der Waals surface area contributed by atoms with Crippen molar-refractivity contribution in [1.29, 1.82) is 0 Å². The van der Waals surface area contributed by atoms with Crippen molar-refractivity contribution in [3.05, 3.63) is 82.6 Å². The van der Waals surface area contributed by atoms with Crippen LogP contribution in [0, 0.1) is 0 Å². The minimum atomic E-state index is -1.74. The summed E-state index contributed by atoms with van der Waals surface area (Å²) in [5, 5.41) is 57.8. The number of hydrogen-bond donors (Lipinski definition) is 8. The van der Waals surface area contributed by atoms with Crippen LogP contribution in [0.4, 0.5) is 4.79 Å². The Morgan fingerprint density at radius 2 is 1.71 bits per heavy atom. The highest BCUT2D eigenvalue weighted by molar-refractivity contribution is 6.31. The number of carbonyl (C=O) groups excluding carboxylic acids is 1. The van der Waals surface area contributed by atoms with Crippen LogP contribution < -0.4 is 20.7 Å². The van der Waals surface area contributed by atoms with Gasteiger partial charge in [0.05, 0.1) is 18.8 Å². The van der Waals surface area contributed by atoms with Gasteiger partial charge in [-0.25, -0.2) is 4.79 Å². The van der Waals surface area contributed by atoms with Gasteiger partial charge in [0.1, 0.15) is 24.1 Å². The Morgan fingerprint density at radius 3 is 2.43 bits per heavy atom. The zero-order chi connectivity index (χ0) is 34.6. The third-order valence-corrected chi connectivity index (χ3v) is 10.5. The molecule has 3 fully saturated rings. The molecule has 3 aliphatic rings. The standard InChI is InChI=1S/C37H47ClN4O7/c38-29-9-6-24(36(12-13-36)11-3-16-40-35(48)41-21-30(44)33(46)34(47)31(45)22-43)18-23(29)19-42-37(14-15-37)28-20-39-17-10-26(28)27-4-1-2-5-32(27)49-25-7-8-25/h1-2,4-6,9-10,17-18,20,25,30-31,33-34,42-47H,3,7-8,11-16,19,21-22H2,(H2,40,41,48). The molecular formula is C37H47ClN4O7. The molecule has 8 N–H and O–H groups in total. The lowest BCUT2D eigenvalue weighted by Crippen LogP contribution is -2.50. The number of rotatable bonds is 18. The van der Waals surface area contributed by atoms with Crippen molar-refractivity contribution < 1.29 is 35.1 Å². The van der Waals surface area contributed by atoms with E-state index >= 15 is 0 Å². The first-order chi connectivity index (χ1) is 23.6. The Bertz CT molecular complexity index is 1600. The van der Waals surface area contributed by atoms with Gasteiger partial charge in [0.25, 0.3) is 0 Å². The van der Waals surface area contributed by atoms with Crippen LogP contribution in [0.3, 0.4) is 0 Å². The van der Waals surface area contributed by atoms with Gasteiger partial charge >= 0.3 is 6.03 Å². The molecule has 11 nitrogen and oxygen atoms in total. The number of benzene rings is 2. The molecule has 3 aromatic rings. The van der Waals surface area contributed by atoms with Gasteiger partial charge in [0, 0.05) is 48.2 Å². The number of ether oxygens (including phenoxy) is 1. The number of nitrogens with zero attached hydrogens (tertiary/aromatic N) is 1. The first-order valence-electron chi connectivity index (χ1n) is 17.2. The lowest BCUT2D eigenvalue weighted by Gasteiger charge is -2.25. The zero-order valence-corrected chi connectivity index (χ0v) is 28.3. The van der Waals surface area contributed by atoms with E-state index < -0.39 is 37.1 Å². The Morgan fingerprint density at radius 1 is 0.959 bits per heavy atom. The molecule has 0 bridgehead atoms. The van der Waals surface area contributed by atoms with Crippen LogP contribution >= 0.6 is 11.6 Å². The highest BCUT2D eigenvalue weighted by atomic mass is 35.5. The van der Waals surface area contributed by atoms with Crippen molar-refractivity contribution in [2.75, 3.05) is 19.7 Å². The average molecular weight is 695 g/mol. The maximum absolute atomic E-state index is 12.2. The fraction of sp³-hybridized carbons (Fsp3) is 0.514. The third kappa shape index (κ3) is 8.54. The van der Waals surface area contributed by atoms with E-state index in [9.17, 15) is 25.2 Å². The van der Waals surface area contributed by atoms with E-state index in [1.807, 2.05) is 24.5 Å². The van der Waals surface area contributed by atoms with Crippen molar-refractivity contribution in [3.63, 3.8) is 0 Å². The molecule has 2 aromatic carbocycles. The molecule has 1 aromatic heterocycles. The van der Waals surface area contributed by atoms with E-state index in [0.717, 1.165) is 78.8 Å². The lowest BCUT2D eigenvalue weighted by atomic mass is 9.89. The highest BCUT2D eigenvalue weighted by Crippen LogP contribution is 2.53. The Balaban J connectivity index is 1.02. The van der Waals surface area contributed by atoms with Crippen LogP contribution in [0.25, 0.3) is 11.1 Å². The minimum Gasteiger partial charge on any atom is -0.490 e. The summed E-state index contributed by atoms with van der Waals surface area (Å²) in [6.07, 6.45) is 5.52. The first kappa shape index (κ1) is 35.5. The average Bonchev–Trinajstić information content (AvgIpc) is 4.00. The summed E-state index contributed by atoms with van der Waals surface area (Å²) in [7, 11) is 0. The van der Waals surface area contributed by atoms with Gasteiger partial charge in [0.15, 0.2) is 0 Å². The molecule has 6 rings (SSSR count). The number of nitrogens with one attached hydrogen (secondary N) is 3. The van der Waals surface area contributed by atoms with E-state index in [1.54, 1.807) is 0 Å². The van der Waals surface area contributed by atoms with E-state index in [2.05, 4.69) is 57.3 Å². The van der Waals surface area contributed by atoms with Crippen molar-refractivity contribution in [3.8, 4) is 16.9 Å². The number of carbonyl (C=O) groups is 1. The van der Waals surface area contributed by atoms with Crippen LogP contribution in [-0.4, -0.2) is 86.8 Å². The molecule has 1 heterocycles. The van der Waals surface area contributed by atoms with Gasteiger partial charge in [-0.2, -0.15) is 0 Å². The Labute approximate surface area is 291 Å². The van der Waals surface area contributed by atoms with Crippen LogP contribution in [-0.2, 0) is 17.5 Å². The molecule has 0 saturated heterocycles. The van der Waals surface area contributed by atoms with Crippen LogP contribution in [0.2, 0.25) is 5.02 Å². The summed E-state index contributed by atoms with van der Waals surface area (Å²) in [6.45, 7) is -0.0610. The van der Waals surface area contributed by atoms with Crippen LogP contribution in [0.5, 0.6) is 5.75 Å². The third-order valence-electron chi connectivity index (χ3n) is 10.1. The van der Waals surface area contributed by atoms with Gasteiger partial charge in [-0.3, -0.25) is 4.98 Å². The lowest BCUT2D eigenvalue weighted by molar-refractivity contribution is -0.113. The van der Waals surface area contributed by atoms with E-state index in [0.29, 0.717) is 19.2 Å². The van der Waals surface area contributed by atoms with Gasteiger partial charge < -0.3 is 46.2 Å². The summed E-state index contributed by atoms with van der Waals surface area (Å²) < 4.78 is 6.27. The SMILES string of the molecule is O=C(NCCCC1(c2ccc(Cl)c(CNC3(c4cnccc4-c4ccccc4OC4CC4)CC3)c2)CC1)NCC(O)C(O)C(O)C(O)CO. The molecule has 0 aliphatic heterocycles. The van der Waals surface area contributed by atoms with Crippen LogP contribution in [0.15, 0.2) is 60.9 Å². The molecule has 0 radical (unpaired) electrons. The molecule has 4 unspecified atom stereocenters. The van der Waals surface area contributed by atoms with Crippen molar-refractivity contribution >= 4 is 17.6 Å². The number of hydrogen-bond acceptors (Lipinski definition) is 9. The molecule has 0 spiro atoms. The van der Waals surface area contributed by atoms with Crippen molar-refractivity contribution in [2.45, 2.75) is 99.4 Å². The molecule has 2 amide bonds. The summed E-state index contributed by atoms with van der Waals surface area (Å²) in [4.78, 5) is 16.8. The Kier molecular flexibility index (Phi) is 11.1. The van der Waals surface area contributed by atoms with Gasteiger partial charge in [-0.1, -0.05) is 41.9 Å². The Hall–Kier alpha value is -3.29. The topological polar surface area (TPSA) is 176 Å². The van der Waals surface area contributed by atoms with Gasteiger partial charge in [0.2, 0.25) is 0 Å². The second-order valence-corrected chi connectivity index (χ2v) is 14.2. The fourth-order valence-electron chi connectivity index (χ4n) is 6.55. The summed E-state index contributed by atoms with van der Waals surface area (Å²) in [6, 6.07) is 16.1. The number of aliphatic hydroxyl groups is 5. The molecule has 49 heavy (non-hydrogen) atoms. The first-order valence-corrected chi connectivity index (χ1v) is 17.6. The zero-order valence-electron chi connectivity index (χ0n) is 27.5. The predicted octanol–water partition coefficient (Wildman–Crippen LogP) is 3.27. The number of halogens is 1. The summed E-state index contributed by atoms with van der Waals surface area (Å²) in [5.41, 5.74) is 5.56. The van der Waals surface area contributed by atoms with Crippen molar-refractivity contribution in [1.82, 2.24) is 20.9 Å². The van der Waals surface area contributed by atoms with E-state index in [4.69, 9.17) is 21.4 Å². The quantitative estimate of drug-likeness (QED) is 0.0929. The number of amides is 2. The normalized spacial score (nSPS) is 19.7. The minimum absolute atomic E-state index is 0.0422. The molecule has 3 aliphatic carbocycles. The molecular weight excluding hydrogens is 648 g/mol. The maximum Gasteiger partial charge on any atom is 0.314 e. The number of aliphatic hydroxyl groups excluding tert-OH is 5. The van der Waals surface area contributed by atoms with Crippen LogP contribution in [0.1, 0.15) is 68.1 Å². The largest absolute Gasteiger partial charge is 0.490 e. The monoisotopic (exact) mass is 694 g/mol. The fourth-order valence-corrected chi connectivity index (χ4v) is 6.73. The summed E-state index contributed by atoms with van der Waals surface area (Å²) in [5.74, 6) is 0.917. The second kappa shape index (κ2) is 15.3. The molecule has 3 saturated carbocycles. The number of para-hydroxylation sites is 1. The summed E-state index contributed by atoms with van der Waals surface area (Å²) >= 11 is 6.74. The maximum atomic E-state index is 12.2. The molecule has 4 atom stereocenters. The van der Waals surface area contributed by atoms with E-state index in [-0.39, 0.29) is 17.5 Å². The van der Waals surface area contributed by atoms with Gasteiger partial charge in [-0.15, -0.1) is 0 Å². The van der Waals surface area contributed by atoms with E-state index in [1.165, 1.54) is 11.1 Å². The molecule has 12 heteroatoms. The molecule has 264 valence electrons. The number of aromatic nitrogens is 1. The number of pyridine rings is 1. The smallest absolute Gasteiger partial charge is 0.314 e. The predicted molar refractivity (Wildman–Crippen MR) is 185 cm³/mol. The van der Waals surface area contributed by atoms with Gasteiger partial charge in [-0.05, 0) is 97.2 Å². The highest BCUT2D eigenvalue weighted by Gasteiger charge is 2.46. The van der Waals surface area contributed by atoms with Crippen molar-refractivity contribution in [2.24, 2.45) is 0 Å². The second-order valence-electron chi connectivity index (χ2n) is 13.8.